The number of aliphatic imine (C=N–C) groups is 1. The van der Waals surface area contributed by atoms with Crippen molar-refractivity contribution in [3.8, 4) is 11.5 Å². The molecule has 3 rings (SSSR count). The molecule has 0 amide bonds. The van der Waals surface area contributed by atoms with E-state index in [-0.39, 0.29) is 20.6 Å². The van der Waals surface area contributed by atoms with Crippen LogP contribution in [0, 0.1) is 13.5 Å². The summed E-state index contributed by atoms with van der Waals surface area (Å²) >= 11 is 1.47. The number of aliphatic hydroxyl groups is 1. The summed E-state index contributed by atoms with van der Waals surface area (Å²) in [4.78, 5) is 4.78. The van der Waals surface area contributed by atoms with Crippen LogP contribution in [0.1, 0.15) is 24.0 Å². The van der Waals surface area contributed by atoms with Crippen LogP contribution in [0.25, 0.3) is 0 Å². The summed E-state index contributed by atoms with van der Waals surface area (Å²) in [6.07, 6.45) is 3.05. The van der Waals surface area contributed by atoms with Gasteiger partial charge in [0.25, 0.3) is 0 Å². The molecular weight excluding hydrogens is 530 g/mol. The number of fused-ring (bicyclic) bond motifs is 1. The van der Waals surface area contributed by atoms with E-state index < -0.39 is 0 Å². The first kappa shape index (κ1) is 22.6. The molecule has 2 aromatic rings. The van der Waals surface area contributed by atoms with E-state index in [0.29, 0.717) is 5.75 Å². The zero-order valence-corrected chi connectivity index (χ0v) is 18.1. The predicted octanol–water partition coefficient (Wildman–Crippen LogP) is 4.46. The van der Waals surface area contributed by atoms with E-state index in [1.54, 1.807) is 7.11 Å². The maximum absolute atomic E-state index is 8.88. The molecule has 0 unspecified atom stereocenters. The molecule has 0 bridgehead atoms. The average Bonchev–Trinajstić information content (AvgIpc) is 2.69. The van der Waals surface area contributed by atoms with Crippen molar-refractivity contribution in [3.63, 3.8) is 0 Å². The number of ether oxygens (including phenoxy) is 2. The van der Waals surface area contributed by atoms with Gasteiger partial charge in [0.2, 0.25) is 0 Å². The average molecular weight is 553 g/mol. The number of halogens is 1. The molecule has 0 saturated carbocycles. The van der Waals surface area contributed by atoms with E-state index in [2.05, 4.69) is 21.7 Å². The van der Waals surface area contributed by atoms with Crippen LogP contribution in [0.3, 0.4) is 0 Å². The van der Waals surface area contributed by atoms with E-state index in [0.717, 1.165) is 42.0 Å². The van der Waals surface area contributed by atoms with Gasteiger partial charge in [0.1, 0.15) is 12.4 Å². The van der Waals surface area contributed by atoms with Crippen LogP contribution in [0.4, 0.5) is 5.69 Å². The molecule has 26 heavy (non-hydrogen) atoms. The Morgan fingerprint density at radius 1 is 1.15 bits per heavy atom. The fourth-order valence-electron chi connectivity index (χ4n) is 2.71. The predicted molar refractivity (Wildman–Crippen MR) is 102 cm³/mol. The number of aliphatic hydroxyl groups excluding tert-OH is 1. The number of aryl methyl sites for hydroxylation is 1. The van der Waals surface area contributed by atoms with Gasteiger partial charge in [-0.05, 0) is 36.4 Å². The van der Waals surface area contributed by atoms with Gasteiger partial charge in [0, 0.05) is 5.75 Å². The van der Waals surface area contributed by atoms with Crippen molar-refractivity contribution < 1.29 is 32.5 Å². The molecule has 0 fully saturated rings. The zero-order chi connectivity index (χ0) is 18.1. The van der Waals surface area contributed by atoms with Gasteiger partial charge >= 0.3 is 27.5 Å². The molecule has 0 atom stereocenters. The Balaban J connectivity index is 0.00000109. The summed E-state index contributed by atoms with van der Waals surface area (Å²) < 4.78 is 10.7. The molecule has 4 nitrogen and oxygen atoms in total. The molecule has 6 heteroatoms. The van der Waals surface area contributed by atoms with Gasteiger partial charge in [-0.3, -0.25) is 0 Å². The van der Waals surface area contributed by atoms with Crippen LogP contribution in [-0.4, -0.2) is 31.1 Å². The number of hydrogen-bond donors (Lipinski definition) is 1. The van der Waals surface area contributed by atoms with Gasteiger partial charge in [0.15, 0.2) is 0 Å². The van der Waals surface area contributed by atoms with Crippen LogP contribution in [0.2, 0.25) is 0 Å². The molecule has 1 aliphatic rings. The van der Waals surface area contributed by atoms with Crippen LogP contribution in [0.5, 0.6) is 11.5 Å². The quantitative estimate of drug-likeness (QED) is 0.557. The number of hydrogen-bond acceptors (Lipinski definition) is 4. The van der Waals surface area contributed by atoms with Gasteiger partial charge in [-0.25, -0.2) is 0 Å². The SMILES string of the molecule is COc1ccc(N=C2CCCc3ccc(OCCO)[c-]c32)cc1.[CH3-].[Cl][Ir+2]. The van der Waals surface area contributed by atoms with Crippen molar-refractivity contribution in [1.29, 1.82) is 0 Å². The topological polar surface area (TPSA) is 51.0 Å². The fourth-order valence-corrected chi connectivity index (χ4v) is 2.71. The molecule has 2 aromatic carbocycles. The van der Waals surface area contributed by atoms with E-state index >= 15 is 0 Å². The molecule has 0 aliphatic heterocycles. The van der Waals surface area contributed by atoms with Crippen molar-refractivity contribution in [1.82, 2.24) is 0 Å². The van der Waals surface area contributed by atoms with Crippen molar-refractivity contribution in [2.45, 2.75) is 19.3 Å². The molecule has 0 saturated heterocycles. The Morgan fingerprint density at radius 3 is 2.54 bits per heavy atom. The normalized spacial score (nSPS) is 13.8. The van der Waals surface area contributed by atoms with Gasteiger partial charge in [-0.1, -0.05) is 18.9 Å². The summed E-state index contributed by atoms with van der Waals surface area (Å²) in [5.74, 6) is 1.48. The Labute approximate surface area is 170 Å². The molecular formula is C20H23ClIrNO3. The number of nitrogens with zero attached hydrogens (tertiary/aromatic N) is 1. The zero-order valence-electron chi connectivity index (χ0n) is 14.9. The van der Waals surface area contributed by atoms with Crippen molar-refractivity contribution in [3.05, 3.63) is 61.0 Å². The summed E-state index contributed by atoms with van der Waals surface area (Å²) in [5.41, 5.74) is 4.22. The first-order valence-electron chi connectivity index (χ1n) is 7.93. The van der Waals surface area contributed by atoms with Gasteiger partial charge in [-0.2, -0.15) is 0 Å². The van der Waals surface area contributed by atoms with Crippen LogP contribution >= 0.6 is 9.58 Å². The van der Waals surface area contributed by atoms with E-state index in [9.17, 15) is 0 Å². The molecule has 142 valence electrons. The van der Waals surface area contributed by atoms with Crippen LogP contribution in [0.15, 0.2) is 41.4 Å². The van der Waals surface area contributed by atoms with E-state index in [4.69, 9.17) is 19.6 Å². The molecule has 1 N–H and O–H groups in total. The van der Waals surface area contributed by atoms with Gasteiger partial charge < -0.3 is 27.0 Å². The third kappa shape index (κ3) is 6.10. The Kier molecular flexibility index (Phi) is 10.5. The van der Waals surface area contributed by atoms with Crippen LogP contribution in [-0.2, 0) is 24.3 Å². The Hall–Kier alpha value is -1.39. The Bertz CT molecular complexity index is 705. The molecule has 0 spiro atoms. The molecule has 1 aliphatic carbocycles. The Morgan fingerprint density at radius 2 is 1.88 bits per heavy atom. The second kappa shape index (κ2) is 12.1. The minimum absolute atomic E-state index is 0. The number of methoxy groups -OCH3 is 1. The third-order valence-electron chi connectivity index (χ3n) is 3.84. The standard InChI is InChI=1S/C19H20NO3.CH3.ClH.Ir/c1-22-16-9-6-15(7-10-16)20-19-4-2-3-14-5-8-17(13-18(14)19)23-12-11-21;;;/h5-10,21H,2-4,11-12H2,1H3;1H3;1H;/q2*-1;;+3/p-1. The molecule has 0 radical (unpaired) electrons. The second-order valence-electron chi connectivity index (χ2n) is 5.40. The van der Waals surface area contributed by atoms with Crippen molar-refractivity contribution >= 4 is 21.0 Å². The summed E-state index contributed by atoms with van der Waals surface area (Å²) in [5, 5.41) is 8.88. The molecule has 0 aromatic heterocycles. The maximum atomic E-state index is 8.88. The van der Waals surface area contributed by atoms with Gasteiger partial charge in [-0.15, -0.1) is 23.3 Å². The second-order valence-corrected chi connectivity index (χ2v) is 5.40. The molecule has 0 heterocycles. The van der Waals surface area contributed by atoms with E-state index in [1.807, 2.05) is 30.3 Å². The first-order chi connectivity index (χ1) is 12.3. The van der Waals surface area contributed by atoms with Crippen LogP contribution < -0.4 is 9.47 Å². The first-order valence-corrected chi connectivity index (χ1v) is 10.9. The number of benzene rings is 2. The minimum atomic E-state index is -0.00226. The van der Waals surface area contributed by atoms with Crippen molar-refractivity contribution in [2.75, 3.05) is 20.3 Å². The summed E-state index contributed by atoms with van der Waals surface area (Å²) in [6.45, 7) is 0.276. The summed E-state index contributed by atoms with van der Waals surface area (Å²) in [6, 6.07) is 15.0. The monoisotopic (exact) mass is 553 g/mol. The van der Waals surface area contributed by atoms with Crippen molar-refractivity contribution in [2.24, 2.45) is 4.99 Å². The van der Waals surface area contributed by atoms with Gasteiger partial charge in [0.05, 0.1) is 19.4 Å². The summed E-state index contributed by atoms with van der Waals surface area (Å²) in [7, 11) is 6.29. The number of rotatable bonds is 5. The fraction of sp³-hybridized carbons (Fsp3) is 0.300. The van der Waals surface area contributed by atoms with E-state index in [1.165, 1.54) is 23.5 Å². The third-order valence-corrected chi connectivity index (χ3v) is 3.84.